The van der Waals surface area contributed by atoms with Crippen molar-refractivity contribution in [3.05, 3.63) is 71.8 Å². The summed E-state index contributed by atoms with van der Waals surface area (Å²) in [5, 5.41) is 6.17. The molecule has 5 heteroatoms. The first-order valence-electron chi connectivity index (χ1n) is 8.11. The van der Waals surface area contributed by atoms with Gasteiger partial charge in [0.25, 0.3) is 0 Å². The van der Waals surface area contributed by atoms with E-state index in [9.17, 15) is 4.79 Å². The maximum absolute atomic E-state index is 12.0. The van der Waals surface area contributed by atoms with Crippen molar-refractivity contribution in [2.75, 3.05) is 7.11 Å². The highest BCUT2D eigenvalue weighted by Gasteiger charge is 2.10. The Morgan fingerprint density at radius 2 is 1.84 bits per heavy atom. The van der Waals surface area contributed by atoms with Crippen LogP contribution in [0.15, 0.2) is 60.7 Å². The minimum Gasteiger partial charge on any atom is -0.497 e. The Balaban J connectivity index is 1.88. The number of hydrogen-bond acceptors (Lipinski definition) is 3. The minimum absolute atomic E-state index is 0.0690. The zero-order valence-corrected chi connectivity index (χ0v) is 15.2. The molecule has 0 heterocycles. The van der Waals surface area contributed by atoms with Gasteiger partial charge in [0.1, 0.15) is 5.75 Å². The van der Waals surface area contributed by atoms with E-state index in [1.54, 1.807) is 13.2 Å². The third-order valence-electron chi connectivity index (χ3n) is 3.70. The summed E-state index contributed by atoms with van der Waals surface area (Å²) in [6.45, 7) is 2.07. The van der Waals surface area contributed by atoms with Crippen molar-refractivity contribution in [3.8, 4) is 5.75 Å². The van der Waals surface area contributed by atoms with Crippen LogP contribution >= 0.6 is 12.2 Å². The maximum atomic E-state index is 12.0. The molecule has 0 aromatic heterocycles. The Bertz CT molecular complexity index is 727. The van der Waals surface area contributed by atoms with Crippen LogP contribution < -0.4 is 15.4 Å². The Morgan fingerprint density at radius 3 is 2.44 bits per heavy atom. The van der Waals surface area contributed by atoms with Gasteiger partial charge in [-0.2, -0.15) is 0 Å². The highest BCUT2D eigenvalue weighted by Crippen LogP contribution is 2.15. The summed E-state index contributed by atoms with van der Waals surface area (Å²) in [5.41, 5.74) is 2.04. The number of benzene rings is 2. The summed E-state index contributed by atoms with van der Waals surface area (Å²) in [6.07, 6.45) is 4.05. The molecule has 2 N–H and O–H groups in total. The largest absolute Gasteiger partial charge is 0.497 e. The topological polar surface area (TPSA) is 50.4 Å². The summed E-state index contributed by atoms with van der Waals surface area (Å²) in [6, 6.07) is 17.5. The summed E-state index contributed by atoms with van der Waals surface area (Å²) in [4.78, 5) is 12.0. The maximum Gasteiger partial charge on any atom is 0.250 e. The summed E-state index contributed by atoms with van der Waals surface area (Å²) in [7, 11) is 1.62. The van der Waals surface area contributed by atoms with E-state index in [0.717, 1.165) is 23.3 Å². The molecule has 130 valence electrons. The average Bonchev–Trinajstić information content (AvgIpc) is 2.65. The zero-order valence-electron chi connectivity index (χ0n) is 14.4. The molecule has 0 radical (unpaired) electrons. The molecule has 2 rings (SSSR count). The predicted octanol–water partition coefficient (Wildman–Crippen LogP) is 3.85. The molecule has 2 aromatic carbocycles. The second-order valence-electron chi connectivity index (χ2n) is 5.44. The van der Waals surface area contributed by atoms with Crippen molar-refractivity contribution < 1.29 is 9.53 Å². The van der Waals surface area contributed by atoms with Gasteiger partial charge in [-0.3, -0.25) is 10.1 Å². The number of carbonyl (C=O) groups is 1. The number of thiocarbonyl (C=S) groups is 1. The molecule has 0 aliphatic rings. The summed E-state index contributed by atoms with van der Waals surface area (Å²) < 4.78 is 5.10. The van der Waals surface area contributed by atoms with E-state index in [0.29, 0.717) is 5.11 Å². The second-order valence-corrected chi connectivity index (χ2v) is 5.85. The number of amides is 1. The molecule has 0 bridgehead atoms. The van der Waals surface area contributed by atoms with E-state index in [1.807, 2.05) is 54.6 Å². The van der Waals surface area contributed by atoms with Gasteiger partial charge in [0.2, 0.25) is 5.91 Å². The van der Waals surface area contributed by atoms with Gasteiger partial charge in [0.05, 0.1) is 13.2 Å². The first kappa shape index (κ1) is 18.7. The third kappa shape index (κ3) is 6.04. The predicted molar refractivity (Wildman–Crippen MR) is 105 cm³/mol. The van der Waals surface area contributed by atoms with Crippen LogP contribution in [0.4, 0.5) is 0 Å². The molecule has 1 unspecified atom stereocenters. The van der Waals surface area contributed by atoms with Gasteiger partial charge in [-0.15, -0.1) is 0 Å². The number of hydrogen-bond donors (Lipinski definition) is 2. The van der Waals surface area contributed by atoms with Gasteiger partial charge in [0, 0.05) is 6.08 Å². The van der Waals surface area contributed by atoms with Crippen molar-refractivity contribution in [3.63, 3.8) is 0 Å². The SMILES string of the molecule is CCC(NC(=S)NC(=O)/C=C/c1ccc(OC)cc1)c1ccccc1. The van der Waals surface area contributed by atoms with Gasteiger partial charge in [-0.05, 0) is 48.0 Å². The summed E-state index contributed by atoms with van der Waals surface area (Å²) in [5.74, 6) is 0.509. The molecule has 2 aromatic rings. The van der Waals surface area contributed by atoms with E-state index >= 15 is 0 Å². The zero-order chi connectivity index (χ0) is 18.1. The van der Waals surface area contributed by atoms with Crippen molar-refractivity contribution >= 4 is 29.3 Å². The van der Waals surface area contributed by atoms with E-state index < -0.39 is 0 Å². The van der Waals surface area contributed by atoms with Crippen molar-refractivity contribution in [1.29, 1.82) is 0 Å². The molecule has 0 aliphatic carbocycles. The first-order valence-corrected chi connectivity index (χ1v) is 8.51. The number of rotatable bonds is 6. The van der Waals surface area contributed by atoms with Crippen LogP contribution in [0.5, 0.6) is 5.75 Å². The van der Waals surface area contributed by atoms with Crippen molar-refractivity contribution in [2.45, 2.75) is 19.4 Å². The van der Waals surface area contributed by atoms with Crippen molar-refractivity contribution in [1.82, 2.24) is 10.6 Å². The monoisotopic (exact) mass is 354 g/mol. The van der Waals surface area contributed by atoms with Gasteiger partial charge in [-0.25, -0.2) is 0 Å². The lowest BCUT2D eigenvalue weighted by atomic mass is 10.1. The molecule has 0 saturated heterocycles. The lowest BCUT2D eigenvalue weighted by Gasteiger charge is -2.19. The molecule has 0 aliphatic heterocycles. The molecular weight excluding hydrogens is 332 g/mol. The highest BCUT2D eigenvalue weighted by atomic mass is 32.1. The minimum atomic E-state index is -0.267. The van der Waals surface area contributed by atoms with Gasteiger partial charge in [0.15, 0.2) is 5.11 Å². The third-order valence-corrected chi connectivity index (χ3v) is 3.92. The fourth-order valence-electron chi connectivity index (χ4n) is 2.34. The summed E-state index contributed by atoms with van der Waals surface area (Å²) >= 11 is 5.24. The van der Waals surface area contributed by atoms with Crippen LogP contribution in [-0.4, -0.2) is 18.1 Å². The Morgan fingerprint density at radius 1 is 1.16 bits per heavy atom. The Kier molecular flexibility index (Phi) is 7.16. The normalized spacial score (nSPS) is 11.8. The van der Waals surface area contributed by atoms with Gasteiger partial charge >= 0.3 is 0 Å². The quantitative estimate of drug-likeness (QED) is 0.611. The fraction of sp³-hybridized carbons (Fsp3) is 0.200. The first-order chi connectivity index (χ1) is 12.1. The number of nitrogens with one attached hydrogen (secondary N) is 2. The van der Waals surface area contributed by atoms with Crippen molar-refractivity contribution in [2.24, 2.45) is 0 Å². The van der Waals surface area contributed by atoms with E-state index in [1.165, 1.54) is 6.08 Å². The lowest BCUT2D eigenvalue weighted by Crippen LogP contribution is -2.40. The Labute approximate surface area is 153 Å². The van der Waals surface area contributed by atoms with Crippen LogP contribution in [0.25, 0.3) is 6.08 Å². The average molecular weight is 354 g/mol. The second kappa shape index (κ2) is 9.59. The Hall–Kier alpha value is -2.66. The van der Waals surface area contributed by atoms with Crippen LogP contribution in [0.3, 0.4) is 0 Å². The van der Waals surface area contributed by atoms with Crippen LogP contribution in [0.1, 0.15) is 30.5 Å². The standard InChI is InChI=1S/C20H22N2O2S/c1-3-18(16-7-5-4-6-8-16)21-20(25)22-19(23)14-11-15-9-12-17(24-2)13-10-15/h4-14,18H,3H2,1-2H3,(H2,21,22,23,25)/b14-11+. The van der Waals surface area contributed by atoms with E-state index in [-0.39, 0.29) is 11.9 Å². The molecule has 4 nitrogen and oxygen atoms in total. The molecular formula is C20H22N2O2S. The molecule has 25 heavy (non-hydrogen) atoms. The van der Waals surface area contributed by atoms with E-state index in [4.69, 9.17) is 17.0 Å². The van der Waals surface area contributed by atoms with Crippen LogP contribution in [0, 0.1) is 0 Å². The van der Waals surface area contributed by atoms with Crippen LogP contribution in [-0.2, 0) is 4.79 Å². The number of carbonyl (C=O) groups excluding carboxylic acids is 1. The van der Waals surface area contributed by atoms with Gasteiger partial charge in [-0.1, -0.05) is 49.4 Å². The smallest absolute Gasteiger partial charge is 0.250 e. The number of methoxy groups -OCH3 is 1. The molecule has 1 atom stereocenters. The highest BCUT2D eigenvalue weighted by molar-refractivity contribution is 7.80. The van der Waals surface area contributed by atoms with Crippen LogP contribution in [0.2, 0.25) is 0 Å². The van der Waals surface area contributed by atoms with Gasteiger partial charge < -0.3 is 10.1 Å². The lowest BCUT2D eigenvalue weighted by molar-refractivity contribution is -0.115. The molecule has 1 amide bonds. The fourth-order valence-corrected chi connectivity index (χ4v) is 2.58. The number of ether oxygens (including phenoxy) is 1. The molecule has 0 spiro atoms. The van der Waals surface area contributed by atoms with E-state index in [2.05, 4.69) is 17.6 Å². The molecule has 0 saturated carbocycles. The molecule has 0 fully saturated rings.